The number of rotatable bonds is 2. The van der Waals surface area contributed by atoms with Crippen molar-refractivity contribution in [2.45, 2.75) is 0 Å². The number of hydrogen-bond acceptors (Lipinski definition) is 3. The third-order valence-corrected chi connectivity index (χ3v) is 5.02. The molecule has 0 atom stereocenters. The van der Waals surface area contributed by atoms with Gasteiger partial charge in [-0.15, -0.1) is 0 Å². The second-order valence-corrected chi connectivity index (χ2v) is 6.77. The minimum atomic E-state index is -0.730. The second kappa shape index (κ2) is 7.03. The summed E-state index contributed by atoms with van der Waals surface area (Å²) < 4.78 is 5.15. The van der Waals surface area contributed by atoms with E-state index in [2.05, 4.69) is 0 Å². The Hall–Kier alpha value is -2.88. The molecule has 0 fully saturated rings. The fraction of sp³-hybridized carbons (Fsp3) is 0. The van der Waals surface area contributed by atoms with Gasteiger partial charge in [-0.25, -0.2) is 9.59 Å². The Morgan fingerprint density at radius 2 is 0.926 bits per heavy atom. The van der Waals surface area contributed by atoms with E-state index in [-0.39, 0.29) is 11.1 Å². The van der Waals surface area contributed by atoms with Crippen LogP contribution in [0, 0.1) is 0 Å². The van der Waals surface area contributed by atoms with E-state index in [4.69, 9.17) is 27.9 Å². The van der Waals surface area contributed by atoms with Gasteiger partial charge in [0.25, 0.3) is 0 Å². The molecule has 0 aliphatic rings. The number of hydrogen-bond donors (Lipinski definition) is 0. The van der Waals surface area contributed by atoms with Crippen LogP contribution in [0.2, 0.25) is 10.0 Å². The van der Waals surface area contributed by atoms with E-state index in [1.54, 1.807) is 60.7 Å². The van der Waals surface area contributed by atoms with Crippen LogP contribution in [-0.4, -0.2) is 11.9 Å². The molecule has 0 amide bonds. The number of ether oxygens (including phenoxy) is 1. The second-order valence-electron chi connectivity index (χ2n) is 5.96. The normalized spacial score (nSPS) is 10.9. The summed E-state index contributed by atoms with van der Waals surface area (Å²) in [6, 6.07) is 20.7. The van der Waals surface area contributed by atoms with Crippen LogP contribution in [-0.2, 0) is 4.74 Å². The number of halogens is 2. The van der Waals surface area contributed by atoms with E-state index in [0.29, 0.717) is 20.8 Å². The predicted molar refractivity (Wildman–Crippen MR) is 108 cm³/mol. The number of benzene rings is 4. The van der Waals surface area contributed by atoms with Gasteiger partial charge < -0.3 is 4.74 Å². The zero-order valence-electron chi connectivity index (χ0n) is 13.9. The van der Waals surface area contributed by atoms with E-state index in [9.17, 15) is 9.59 Å². The predicted octanol–water partition coefficient (Wildman–Crippen LogP) is 6.30. The maximum atomic E-state index is 12.6. The summed E-state index contributed by atoms with van der Waals surface area (Å²) in [4.78, 5) is 25.3. The Morgan fingerprint density at radius 1 is 0.556 bits per heavy atom. The SMILES string of the molecule is O=C(OC(=O)c1cccc2c(Cl)cccc12)c1cccc2c(Cl)cccc12. The molecule has 0 saturated heterocycles. The average molecular weight is 395 g/mol. The van der Waals surface area contributed by atoms with Crippen molar-refractivity contribution in [2.75, 3.05) is 0 Å². The first-order chi connectivity index (χ1) is 13.1. The van der Waals surface area contributed by atoms with Crippen LogP contribution in [0.4, 0.5) is 0 Å². The molecule has 4 rings (SSSR count). The molecular formula is C22H12Cl2O3. The zero-order chi connectivity index (χ0) is 19.0. The molecule has 0 unspecified atom stereocenters. The molecule has 0 aliphatic carbocycles. The quantitative estimate of drug-likeness (QED) is 0.296. The molecule has 132 valence electrons. The minimum Gasteiger partial charge on any atom is -0.386 e. The van der Waals surface area contributed by atoms with Crippen molar-refractivity contribution in [3.8, 4) is 0 Å². The molecule has 0 radical (unpaired) electrons. The van der Waals surface area contributed by atoms with Crippen LogP contribution >= 0.6 is 23.2 Å². The Balaban J connectivity index is 1.72. The van der Waals surface area contributed by atoms with Crippen LogP contribution in [0.3, 0.4) is 0 Å². The van der Waals surface area contributed by atoms with Crippen molar-refractivity contribution in [3.05, 3.63) is 94.0 Å². The van der Waals surface area contributed by atoms with Crippen molar-refractivity contribution < 1.29 is 14.3 Å². The minimum absolute atomic E-state index is 0.279. The van der Waals surface area contributed by atoms with Gasteiger partial charge >= 0.3 is 11.9 Å². The smallest absolute Gasteiger partial charge is 0.346 e. The Kier molecular flexibility index (Phi) is 4.56. The first kappa shape index (κ1) is 17.5. The summed E-state index contributed by atoms with van der Waals surface area (Å²) in [5.74, 6) is -1.46. The third kappa shape index (κ3) is 3.16. The molecule has 0 saturated carbocycles. The van der Waals surface area contributed by atoms with Crippen molar-refractivity contribution in [1.82, 2.24) is 0 Å². The summed E-state index contributed by atoms with van der Waals surface area (Å²) >= 11 is 12.4. The largest absolute Gasteiger partial charge is 0.386 e. The highest BCUT2D eigenvalue weighted by molar-refractivity contribution is 6.36. The van der Waals surface area contributed by atoms with Crippen molar-refractivity contribution >= 4 is 56.7 Å². The lowest BCUT2D eigenvalue weighted by atomic mass is 10.0. The van der Waals surface area contributed by atoms with Gasteiger partial charge in [0.05, 0.1) is 11.1 Å². The third-order valence-electron chi connectivity index (χ3n) is 4.36. The summed E-state index contributed by atoms with van der Waals surface area (Å²) in [6.45, 7) is 0. The molecule has 0 aliphatic heterocycles. The van der Waals surface area contributed by atoms with Crippen molar-refractivity contribution in [3.63, 3.8) is 0 Å². The van der Waals surface area contributed by atoms with Gasteiger partial charge in [-0.05, 0) is 35.0 Å². The fourth-order valence-electron chi connectivity index (χ4n) is 3.09. The number of carbonyl (C=O) groups excluding carboxylic acids is 2. The van der Waals surface area contributed by atoms with E-state index in [0.717, 1.165) is 10.8 Å². The summed E-state index contributed by atoms with van der Waals surface area (Å²) in [5, 5.41) is 3.75. The van der Waals surface area contributed by atoms with Gasteiger partial charge in [-0.2, -0.15) is 0 Å². The lowest BCUT2D eigenvalue weighted by Gasteiger charge is -2.09. The maximum Gasteiger partial charge on any atom is 0.346 e. The molecular weight excluding hydrogens is 383 g/mol. The van der Waals surface area contributed by atoms with Gasteiger partial charge in [-0.1, -0.05) is 71.7 Å². The Morgan fingerprint density at radius 3 is 1.37 bits per heavy atom. The van der Waals surface area contributed by atoms with E-state index in [1.807, 2.05) is 12.1 Å². The fourth-order valence-corrected chi connectivity index (χ4v) is 3.57. The molecule has 27 heavy (non-hydrogen) atoms. The standard InChI is InChI=1S/C22H12Cl2O3/c23-19-11-3-5-13-15(19)7-1-9-17(13)21(25)27-22(26)18-10-2-8-16-14(18)6-4-12-20(16)24/h1-12H. The molecule has 5 heteroatoms. The molecule has 0 N–H and O–H groups in total. The first-order valence-electron chi connectivity index (χ1n) is 8.17. The highest BCUT2D eigenvalue weighted by Crippen LogP contribution is 2.28. The first-order valence-corrected chi connectivity index (χ1v) is 8.93. The van der Waals surface area contributed by atoms with Crippen LogP contribution in [0.1, 0.15) is 20.7 Å². The molecule has 0 bridgehead atoms. The van der Waals surface area contributed by atoms with Crippen LogP contribution < -0.4 is 0 Å². The lowest BCUT2D eigenvalue weighted by Crippen LogP contribution is -2.13. The lowest BCUT2D eigenvalue weighted by molar-refractivity contribution is 0.0400. The monoisotopic (exact) mass is 394 g/mol. The van der Waals surface area contributed by atoms with Gasteiger partial charge in [0.2, 0.25) is 0 Å². The van der Waals surface area contributed by atoms with Gasteiger partial charge in [0.15, 0.2) is 0 Å². The molecule has 4 aromatic rings. The zero-order valence-corrected chi connectivity index (χ0v) is 15.4. The number of fused-ring (bicyclic) bond motifs is 2. The van der Waals surface area contributed by atoms with E-state index >= 15 is 0 Å². The Labute approximate surface area is 165 Å². The van der Waals surface area contributed by atoms with Crippen LogP contribution in [0.5, 0.6) is 0 Å². The van der Waals surface area contributed by atoms with E-state index in [1.165, 1.54) is 0 Å². The van der Waals surface area contributed by atoms with Crippen LogP contribution in [0.25, 0.3) is 21.5 Å². The Bertz CT molecular complexity index is 1120. The van der Waals surface area contributed by atoms with Crippen molar-refractivity contribution in [2.24, 2.45) is 0 Å². The van der Waals surface area contributed by atoms with Gasteiger partial charge in [-0.3, -0.25) is 0 Å². The number of esters is 2. The average Bonchev–Trinajstić information content (AvgIpc) is 2.68. The summed E-state index contributed by atoms with van der Waals surface area (Å²) in [6.07, 6.45) is 0. The molecule has 3 nitrogen and oxygen atoms in total. The van der Waals surface area contributed by atoms with Gasteiger partial charge in [0.1, 0.15) is 0 Å². The number of carbonyl (C=O) groups is 2. The highest BCUT2D eigenvalue weighted by atomic mass is 35.5. The molecule has 0 aromatic heterocycles. The maximum absolute atomic E-state index is 12.6. The molecule has 4 aromatic carbocycles. The topological polar surface area (TPSA) is 43.4 Å². The van der Waals surface area contributed by atoms with E-state index < -0.39 is 11.9 Å². The molecule has 0 heterocycles. The summed E-state index contributed by atoms with van der Waals surface area (Å²) in [7, 11) is 0. The van der Waals surface area contributed by atoms with Crippen LogP contribution in [0.15, 0.2) is 72.8 Å². The van der Waals surface area contributed by atoms with Gasteiger partial charge in [0, 0.05) is 20.8 Å². The molecule has 0 spiro atoms. The summed E-state index contributed by atoms with van der Waals surface area (Å²) in [5.41, 5.74) is 0.559. The van der Waals surface area contributed by atoms with Crippen molar-refractivity contribution in [1.29, 1.82) is 0 Å². The highest BCUT2D eigenvalue weighted by Gasteiger charge is 2.19.